The summed E-state index contributed by atoms with van der Waals surface area (Å²) in [6.45, 7) is 9.31. The lowest BCUT2D eigenvalue weighted by molar-refractivity contribution is -0.121. The molecule has 2 aromatic heterocycles. The van der Waals surface area contributed by atoms with E-state index in [1.54, 1.807) is 0 Å². The van der Waals surface area contributed by atoms with Crippen LogP contribution in [-0.4, -0.2) is 115 Å². The van der Waals surface area contributed by atoms with E-state index in [1.165, 1.54) is 27.5 Å². The molecule has 0 spiro atoms. The molecule has 5 unspecified atom stereocenters. The molecular weight excluding hydrogens is 772 g/mol. The number of aromatic nitrogens is 4. The van der Waals surface area contributed by atoms with E-state index >= 15 is 4.39 Å². The normalized spacial score (nSPS) is 25.7. The van der Waals surface area contributed by atoms with Gasteiger partial charge in [-0.2, -0.15) is 9.50 Å². The number of amides is 3. The highest BCUT2D eigenvalue weighted by Crippen LogP contribution is 2.39. The minimum Gasteiger partial charge on any atom is -0.485 e. The first kappa shape index (κ1) is 41.9. The molecule has 4 aliphatic rings. The highest BCUT2D eigenvalue weighted by Gasteiger charge is 2.34. The van der Waals surface area contributed by atoms with Gasteiger partial charge in [-0.25, -0.2) is 14.2 Å². The lowest BCUT2D eigenvalue weighted by atomic mass is 9.83. The molecular formula is C42H55FN12O3S. The Morgan fingerprint density at radius 1 is 1.14 bits per heavy atom. The molecule has 2 aliphatic heterocycles. The van der Waals surface area contributed by atoms with Gasteiger partial charge >= 0.3 is 6.03 Å². The van der Waals surface area contributed by atoms with Crippen molar-refractivity contribution in [3.8, 4) is 5.75 Å². The maximum Gasteiger partial charge on any atom is 0.329 e. The van der Waals surface area contributed by atoms with Crippen LogP contribution in [0.2, 0.25) is 0 Å². The third kappa shape index (κ3) is 9.46. The summed E-state index contributed by atoms with van der Waals surface area (Å²) in [6.07, 6.45) is 14.9. The Bertz CT molecular complexity index is 2150. The summed E-state index contributed by atoms with van der Waals surface area (Å²) in [6, 6.07) is 4.95. The Labute approximate surface area is 348 Å². The maximum absolute atomic E-state index is 15.8. The number of rotatable bonds is 13. The molecule has 4 heterocycles. The van der Waals surface area contributed by atoms with E-state index in [0.29, 0.717) is 57.7 Å². The Kier molecular flexibility index (Phi) is 13.0. The predicted molar refractivity (Wildman–Crippen MR) is 231 cm³/mol. The summed E-state index contributed by atoms with van der Waals surface area (Å²) in [5.74, 6) is 1.75. The molecule has 59 heavy (non-hydrogen) atoms. The van der Waals surface area contributed by atoms with E-state index in [9.17, 15) is 9.59 Å². The van der Waals surface area contributed by atoms with Gasteiger partial charge in [-0.05, 0) is 88.1 Å². The number of amidine groups is 1. The number of halogens is 1. The fourth-order valence-corrected chi connectivity index (χ4v) is 9.85. The Balaban J connectivity index is 0.913. The van der Waals surface area contributed by atoms with Gasteiger partial charge in [0.05, 0.1) is 12.1 Å². The van der Waals surface area contributed by atoms with Gasteiger partial charge in [0.1, 0.15) is 24.0 Å². The van der Waals surface area contributed by atoms with E-state index in [0.717, 1.165) is 50.8 Å². The van der Waals surface area contributed by atoms with Crippen LogP contribution in [0, 0.1) is 22.7 Å². The van der Waals surface area contributed by atoms with Crippen LogP contribution < -0.4 is 26.4 Å². The number of likely N-dealkylation sites (tertiary alicyclic amines) is 1. The number of fused-ring (bicyclic) bond motifs is 1. The smallest absolute Gasteiger partial charge is 0.329 e. The number of benzene rings is 1. The predicted octanol–water partition coefficient (Wildman–Crippen LogP) is 5.81. The van der Waals surface area contributed by atoms with Crippen molar-refractivity contribution >= 4 is 58.6 Å². The number of carbonyl (C=O) groups excluding carboxylic acids is 2. The van der Waals surface area contributed by atoms with Gasteiger partial charge in [-0.3, -0.25) is 20.4 Å². The van der Waals surface area contributed by atoms with Crippen molar-refractivity contribution in [3.05, 3.63) is 71.9 Å². The first-order chi connectivity index (χ1) is 28.4. The van der Waals surface area contributed by atoms with E-state index in [4.69, 9.17) is 21.3 Å². The third-order valence-electron chi connectivity index (χ3n) is 11.7. The van der Waals surface area contributed by atoms with Crippen molar-refractivity contribution in [1.82, 2.24) is 34.7 Å². The zero-order valence-electron chi connectivity index (χ0n) is 34.0. The number of ether oxygens (including phenoxy) is 1. The first-order valence-electron chi connectivity index (χ1n) is 20.5. The largest absolute Gasteiger partial charge is 0.485 e. The first-order valence-corrected chi connectivity index (χ1v) is 21.4. The average Bonchev–Trinajstić information content (AvgIpc) is 3.64. The molecule has 0 bridgehead atoms. The Morgan fingerprint density at radius 3 is 2.59 bits per heavy atom. The Morgan fingerprint density at radius 2 is 1.90 bits per heavy atom. The second kappa shape index (κ2) is 18.3. The molecule has 1 aromatic carbocycles. The summed E-state index contributed by atoms with van der Waals surface area (Å²) in [4.78, 5) is 36.9. The highest BCUT2D eigenvalue weighted by molar-refractivity contribution is 8.00. The van der Waals surface area contributed by atoms with Gasteiger partial charge in [-0.15, -0.1) is 16.9 Å². The number of nitrogens with one attached hydrogen (secondary N) is 5. The number of anilines is 2. The molecule has 3 amide bonds. The van der Waals surface area contributed by atoms with E-state index in [2.05, 4.69) is 73.2 Å². The van der Waals surface area contributed by atoms with Crippen molar-refractivity contribution in [2.24, 2.45) is 17.6 Å². The monoisotopic (exact) mass is 826 g/mol. The number of thioether (sulfide) groups is 1. The lowest BCUT2D eigenvalue weighted by Gasteiger charge is -2.38. The SMILES string of the molecule is CNc1cc(C2CCN(CC3CC(SC4C=CC(Nc5nc6c(OC(C)C)c(/C(C=N)=C/N)ncn6n5)C(F)C4)C=C[C@H]3C)CC2)ccc1C(=N)N1CCC(=O)NC1=O. The second-order valence-electron chi connectivity index (χ2n) is 16.1. The summed E-state index contributed by atoms with van der Waals surface area (Å²) in [5.41, 5.74) is 9.56. The number of hydrogen-bond donors (Lipinski definition) is 6. The number of allylic oxidation sites excluding steroid dienone is 2. The van der Waals surface area contributed by atoms with Gasteiger partial charge in [0.25, 0.3) is 0 Å². The van der Waals surface area contributed by atoms with Gasteiger partial charge in [0, 0.05) is 66.3 Å². The zero-order chi connectivity index (χ0) is 41.8. The van der Waals surface area contributed by atoms with Gasteiger partial charge in [-0.1, -0.05) is 37.3 Å². The van der Waals surface area contributed by atoms with Crippen molar-refractivity contribution < 1.29 is 18.7 Å². The summed E-state index contributed by atoms with van der Waals surface area (Å²) < 4.78 is 23.3. The van der Waals surface area contributed by atoms with Gasteiger partial charge < -0.3 is 31.4 Å². The number of nitrogens with zero attached hydrogens (tertiary/aromatic N) is 6. The number of carbonyl (C=O) groups is 2. The van der Waals surface area contributed by atoms with Crippen LogP contribution in [-0.2, 0) is 4.79 Å². The maximum atomic E-state index is 15.8. The van der Waals surface area contributed by atoms with Crippen molar-refractivity contribution in [1.29, 1.82) is 10.8 Å². The molecule has 2 aliphatic carbocycles. The minimum atomic E-state index is -1.13. The molecule has 7 N–H and O–H groups in total. The van der Waals surface area contributed by atoms with Crippen molar-refractivity contribution in [3.63, 3.8) is 0 Å². The molecule has 2 saturated heterocycles. The second-order valence-corrected chi connectivity index (χ2v) is 17.5. The quantitative estimate of drug-likeness (QED) is 0.0690. The molecule has 7 rings (SSSR count). The zero-order valence-corrected chi connectivity index (χ0v) is 34.8. The van der Waals surface area contributed by atoms with Crippen LogP contribution in [0.25, 0.3) is 11.2 Å². The third-order valence-corrected chi connectivity index (χ3v) is 13.1. The van der Waals surface area contributed by atoms with Crippen LogP contribution >= 0.6 is 11.8 Å². The van der Waals surface area contributed by atoms with E-state index < -0.39 is 18.2 Å². The van der Waals surface area contributed by atoms with Crippen LogP contribution in [0.1, 0.15) is 75.6 Å². The molecule has 0 radical (unpaired) electrons. The summed E-state index contributed by atoms with van der Waals surface area (Å²) in [7, 11) is 1.83. The molecule has 3 aromatic rings. The van der Waals surface area contributed by atoms with Crippen LogP contribution in [0.4, 0.5) is 20.8 Å². The van der Waals surface area contributed by atoms with E-state index in [1.807, 2.05) is 44.8 Å². The fraction of sp³-hybridized carbons (Fsp3) is 0.500. The number of piperidine rings is 1. The molecule has 2 fully saturated rings. The van der Waals surface area contributed by atoms with Crippen LogP contribution in [0.5, 0.6) is 5.75 Å². The van der Waals surface area contributed by atoms with Crippen molar-refractivity contribution in [2.45, 2.75) is 87.6 Å². The van der Waals surface area contributed by atoms with Crippen LogP contribution in [0.3, 0.4) is 0 Å². The molecule has 314 valence electrons. The van der Waals surface area contributed by atoms with Gasteiger partial charge in [0.2, 0.25) is 17.5 Å². The molecule has 0 saturated carbocycles. The number of hydrogen-bond acceptors (Lipinski definition) is 13. The van der Waals surface area contributed by atoms with E-state index in [-0.39, 0.29) is 42.0 Å². The lowest BCUT2D eigenvalue weighted by Crippen LogP contribution is -2.52. The number of alkyl halides is 1. The number of urea groups is 1. The summed E-state index contributed by atoms with van der Waals surface area (Å²) in [5, 5.41) is 30.0. The summed E-state index contributed by atoms with van der Waals surface area (Å²) >= 11 is 1.84. The molecule has 15 nitrogen and oxygen atoms in total. The Hall–Kier alpha value is -5.29. The topological polar surface area (TPSA) is 203 Å². The fourth-order valence-electron chi connectivity index (χ4n) is 8.39. The average molecular weight is 827 g/mol. The van der Waals surface area contributed by atoms with Gasteiger partial charge in [0.15, 0.2) is 5.75 Å². The highest BCUT2D eigenvalue weighted by atomic mass is 32.2. The standard InChI is InChI=1S/C42H55FN12O3S/c1-24(2)58-38-37(29(20-44)21-45)48-23-55-40(38)51-41(52-55)49-34-10-8-31(19-33(34)43)59-30-7-5-25(3)28(17-30)22-53-14-11-26(12-15-53)27-6-9-32(35(18-27)47-4)39(46)54-16-13-36(56)50-42(54)57/h5-10,18,20-21,23-26,28,30-31,33-34,44,46-47H,11-17,19,22,45H2,1-4H3,(H,49,52)(H,50,56,57)/b29-21+,44-20?,46-39?/t25-,28?,30?,31?,33?,34?/m1/s1. The van der Waals surface area contributed by atoms with Crippen LogP contribution in [0.15, 0.2) is 55.0 Å². The molecule has 6 atom stereocenters. The molecule has 17 heteroatoms. The number of nitrogens with two attached hydrogens (primary N) is 1. The van der Waals surface area contributed by atoms with Crippen molar-refractivity contribution in [2.75, 3.05) is 43.9 Å². The number of imide groups is 1. The minimum absolute atomic E-state index is 0.0516.